The third-order valence-electron chi connectivity index (χ3n) is 4.09. The molecule has 5 nitrogen and oxygen atoms in total. The molecule has 1 aromatic carbocycles. The number of alkyl halides is 2. The number of pyridine rings is 1. The second kappa shape index (κ2) is 8.48. The molecule has 0 saturated heterocycles. The molecule has 1 N–H and O–H groups in total. The van der Waals surface area contributed by atoms with Crippen molar-refractivity contribution in [2.45, 2.75) is 25.8 Å². The number of anilines is 1. The normalized spacial score (nSPS) is 11.9. The zero-order valence-corrected chi connectivity index (χ0v) is 14.9. The van der Waals surface area contributed by atoms with Crippen LogP contribution < -0.4 is 5.32 Å². The lowest BCUT2D eigenvalue weighted by Crippen LogP contribution is -2.21. The van der Waals surface area contributed by atoms with Crippen molar-refractivity contribution in [2.75, 3.05) is 5.32 Å². The third kappa shape index (κ3) is 4.43. The molecule has 0 aliphatic rings. The fourth-order valence-corrected chi connectivity index (χ4v) is 2.74. The van der Waals surface area contributed by atoms with E-state index in [4.69, 9.17) is 5.26 Å². The Kier molecular flexibility index (Phi) is 5.84. The Labute approximate surface area is 159 Å². The first-order valence-electron chi connectivity index (χ1n) is 8.48. The highest BCUT2D eigenvalue weighted by atomic mass is 19.3. The van der Waals surface area contributed by atoms with Crippen molar-refractivity contribution >= 4 is 5.95 Å². The lowest BCUT2D eigenvalue weighted by atomic mass is 10.1. The van der Waals surface area contributed by atoms with Crippen LogP contribution >= 0.6 is 0 Å². The summed E-state index contributed by atoms with van der Waals surface area (Å²) in [6.45, 7) is 1.80. The monoisotopic (exact) mass is 383 g/mol. The van der Waals surface area contributed by atoms with Crippen molar-refractivity contribution in [3.8, 4) is 17.2 Å². The summed E-state index contributed by atoms with van der Waals surface area (Å²) in [5, 5.41) is 12.0. The summed E-state index contributed by atoms with van der Waals surface area (Å²) in [5.41, 5.74) is 1.20. The highest BCUT2D eigenvalue weighted by molar-refractivity contribution is 5.64. The molecule has 0 fully saturated rings. The zero-order chi connectivity index (χ0) is 20.1. The van der Waals surface area contributed by atoms with Crippen LogP contribution in [0.25, 0.3) is 11.1 Å². The summed E-state index contributed by atoms with van der Waals surface area (Å²) in [6, 6.07) is 8.58. The van der Waals surface area contributed by atoms with Crippen molar-refractivity contribution in [1.82, 2.24) is 15.0 Å². The fraction of sp³-hybridized carbons (Fsp3) is 0.200. The van der Waals surface area contributed by atoms with Gasteiger partial charge < -0.3 is 5.32 Å². The van der Waals surface area contributed by atoms with Crippen LogP contribution in [0.4, 0.5) is 19.1 Å². The van der Waals surface area contributed by atoms with E-state index in [0.29, 0.717) is 16.8 Å². The molecule has 0 saturated carbocycles. The molecule has 0 aliphatic heterocycles. The van der Waals surface area contributed by atoms with E-state index in [9.17, 15) is 13.2 Å². The molecule has 28 heavy (non-hydrogen) atoms. The first-order valence-corrected chi connectivity index (χ1v) is 8.48. The Morgan fingerprint density at radius 3 is 2.57 bits per heavy atom. The van der Waals surface area contributed by atoms with Gasteiger partial charge in [-0.1, -0.05) is 0 Å². The molecule has 1 unspecified atom stereocenters. The van der Waals surface area contributed by atoms with E-state index in [1.54, 1.807) is 6.92 Å². The Bertz CT molecular complexity index is 999. The van der Waals surface area contributed by atoms with Gasteiger partial charge in [0.1, 0.15) is 5.82 Å². The number of halogens is 3. The van der Waals surface area contributed by atoms with Gasteiger partial charge in [-0.05, 0) is 37.3 Å². The number of rotatable bonds is 6. The van der Waals surface area contributed by atoms with Crippen LogP contribution in [0, 0.1) is 17.1 Å². The second-order valence-electron chi connectivity index (χ2n) is 6.19. The minimum Gasteiger partial charge on any atom is -0.351 e. The first-order chi connectivity index (χ1) is 13.5. The van der Waals surface area contributed by atoms with E-state index in [1.807, 2.05) is 6.07 Å². The summed E-state index contributed by atoms with van der Waals surface area (Å²) < 4.78 is 40.1. The Morgan fingerprint density at radius 1 is 1.14 bits per heavy atom. The first kappa shape index (κ1) is 19.3. The average molecular weight is 383 g/mol. The van der Waals surface area contributed by atoms with E-state index >= 15 is 0 Å². The molecular weight excluding hydrogens is 367 g/mol. The zero-order valence-electron chi connectivity index (χ0n) is 14.9. The van der Waals surface area contributed by atoms with E-state index in [-0.39, 0.29) is 29.5 Å². The van der Waals surface area contributed by atoms with Crippen molar-refractivity contribution in [3.05, 3.63) is 71.6 Å². The topological polar surface area (TPSA) is 74.5 Å². The molecule has 1 atom stereocenters. The maximum absolute atomic E-state index is 14.0. The average Bonchev–Trinajstić information content (AvgIpc) is 2.69. The summed E-state index contributed by atoms with van der Waals surface area (Å²) >= 11 is 0. The molecule has 2 aromatic heterocycles. The summed E-state index contributed by atoms with van der Waals surface area (Å²) in [4.78, 5) is 12.3. The van der Waals surface area contributed by atoms with Crippen LogP contribution in [0.5, 0.6) is 0 Å². The molecule has 2 heterocycles. The van der Waals surface area contributed by atoms with E-state index in [0.717, 1.165) is 0 Å². The van der Waals surface area contributed by atoms with Gasteiger partial charge >= 0.3 is 0 Å². The number of benzene rings is 1. The number of nitrogens with one attached hydrogen (secondary N) is 1. The number of nitrogens with zero attached hydrogens (tertiary/aromatic N) is 4. The SMILES string of the molecule is CC(Cc1ncccc1C(F)F)Nc1ncc(-c2cc(C#N)ccc2F)cn1. The largest absolute Gasteiger partial charge is 0.351 e. The lowest BCUT2D eigenvalue weighted by Gasteiger charge is -2.15. The van der Waals surface area contributed by atoms with Gasteiger partial charge in [0, 0.05) is 47.7 Å². The van der Waals surface area contributed by atoms with Crippen molar-refractivity contribution in [1.29, 1.82) is 5.26 Å². The highest BCUT2D eigenvalue weighted by Crippen LogP contribution is 2.24. The van der Waals surface area contributed by atoms with Crippen molar-refractivity contribution in [2.24, 2.45) is 0 Å². The van der Waals surface area contributed by atoms with Crippen LogP contribution in [-0.2, 0) is 6.42 Å². The third-order valence-corrected chi connectivity index (χ3v) is 4.09. The summed E-state index contributed by atoms with van der Waals surface area (Å²) in [5.74, 6) is -0.200. The second-order valence-corrected chi connectivity index (χ2v) is 6.19. The van der Waals surface area contributed by atoms with Crippen molar-refractivity contribution < 1.29 is 13.2 Å². The molecule has 3 rings (SSSR count). The van der Waals surface area contributed by atoms with Gasteiger partial charge in [0.15, 0.2) is 0 Å². The maximum Gasteiger partial charge on any atom is 0.265 e. The molecule has 8 heteroatoms. The quantitative estimate of drug-likeness (QED) is 0.677. The van der Waals surface area contributed by atoms with Gasteiger partial charge in [-0.15, -0.1) is 0 Å². The minimum atomic E-state index is -2.59. The van der Waals surface area contributed by atoms with Gasteiger partial charge in [0.2, 0.25) is 5.95 Å². The Hall–Kier alpha value is -3.47. The molecule has 0 aliphatic carbocycles. The smallest absolute Gasteiger partial charge is 0.265 e. The van der Waals surface area contributed by atoms with Gasteiger partial charge in [0.25, 0.3) is 6.43 Å². The Balaban J connectivity index is 1.72. The number of hydrogen-bond donors (Lipinski definition) is 1. The van der Waals surface area contributed by atoms with Crippen LogP contribution in [0.15, 0.2) is 48.9 Å². The summed E-state index contributed by atoms with van der Waals surface area (Å²) in [7, 11) is 0. The summed E-state index contributed by atoms with van der Waals surface area (Å²) in [6.07, 6.45) is 2.03. The predicted molar refractivity (Wildman–Crippen MR) is 98.1 cm³/mol. The molecule has 0 radical (unpaired) electrons. The van der Waals surface area contributed by atoms with Crippen LogP contribution in [0.3, 0.4) is 0 Å². The van der Waals surface area contributed by atoms with Gasteiger partial charge in [-0.3, -0.25) is 4.98 Å². The molecule has 0 bridgehead atoms. The number of nitriles is 1. The van der Waals surface area contributed by atoms with Gasteiger partial charge in [-0.2, -0.15) is 5.26 Å². The van der Waals surface area contributed by atoms with Gasteiger partial charge in [-0.25, -0.2) is 23.1 Å². The van der Waals surface area contributed by atoms with Crippen LogP contribution in [0.1, 0.15) is 30.2 Å². The van der Waals surface area contributed by atoms with Crippen molar-refractivity contribution in [3.63, 3.8) is 0 Å². The number of hydrogen-bond acceptors (Lipinski definition) is 5. The van der Waals surface area contributed by atoms with E-state index in [1.165, 1.54) is 48.9 Å². The molecular formula is C20H16F3N5. The molecule has 0 amide bonds. The van der Waals surface area contributed by atoms with Gasteiger partial charge in [0.05, 0.1) is 17.3 Å². The van der Waals surface area contributed by atoms with Crippen LogP contribution in [0.2, 0.25) is 0 Å². The molecule has 3 aromatic rings. The standard InChI is InChI=1S/C20H16F3N5/c1-12(7-18-15(19(22)23)3-2-6-25-18)28-20-26-10-14(11-27-20)16-8-13(9-24)4-5-17(16)21/h2-6,8,10-12,19H,7H2,1H3,(H,26,27,28). The predicted octanol–water partition coefficient (Wildman–Crippen LogP) is 4.53. The molecule has 142 valence electrons. The van der Waals surface area contributed by atoms with E-state index in [2.05, 4.69) is 20.3 Å². The minimum absolute atomic E-state index is 0.0970. The highest BCUT2D eigenvalue weighted by Gasteiger charge is 2.16. The van der Waals surface area contributed by atoms with Crippen LogP contribution in [-0.4, -0.2) is 21.0 Å². The molecule has 0 spiro atoms. The number of aromatic nitrogens is 3. The Morgan fingerprint density at radius 2 is 1.89 bits per heavy atom. The maximum atomic E-state index is 14.0. The van der Waals surface area contributed by atoms with E-state index < -0.39 is 12.2 Å². The lowest BCUT2D eigenvalue weighted by molar-refractivity contribution is 0.149. The fourth-order valence-electron chi connectivity index (χ4n) is 2.74.